The van der Waals surface area contributed by atoms with Crippen molar-refractivity contribution < 1.29 is 9.32 Å². The molecule has 3 N–H and O–H groups in total. The quantitative estimate of drug-likeness (QED) is 0.307. The number of hydrogen-bond donors (Lipinski definition) is 3. The molecule has 2 heterocycles. The van der Waals surface area contributed by atoms with Crippen LogP contribution in [0.3, 0.4) is 0 Å². The van der Waals surface area contributed by atoms with Crippen molar-refractivity contribution in [1.82, 2.24) is 15.0 Å². The maximum atomic E-state index is 13.1. The number of hydrogen-bond acceptors (Lipinski definition) is 6. The van der Waals surface area contributed by atoms with Gasteiger partial charge in [-0.1, -0.05) is 48.0 Å². The first-order chi connectivity index (χ1) is 16.5. The molecule has 0 saturated heterocycles. The Hall–Kier alpha value is -3.88. The summed E-state index contributed by atoms with van der Waals surface area (Å²) in [6, 6.07) is 24.5. The van der Waals surface area contributed by atoms with Crippen molar-refractivity contribution in [2.75, 3.05) is 10.0 Å². The van der Waals surface area contributed by atoms with Gasteiger partial charge in [0.15, 0.2) is 22.6 Å². The van der Waals surface area contributed by atoms with Gasteiger partial charge in [-0.3, -0.25) is 4.72 Å². The Morgan fingerprint density at radius 2 is 1.53 bits per heavy atom. The molecule has 34 heavy (non-hydrogen) atoms. The summed E-state index contributed by atoms with van der Waals surface area (Å²) < 4.78 is 16.1. The SMILES string of the molecule is Cc1ccc(S(=O)Nc2nc3ccccc3nc2Nc2cccc3ccc(C(C)O)nc23)cc1. The minimum atomic E-state index is -1.53. The third-order valence-corrected chi connectivity index (χ3v) is 6.50. The lowest BCUT2D eigenvalue weighted by molar-refractivity contribution is 0.195. The molecule has 0 saturated carbocycles. The van der Waals surface area contributed by atoms with E-state index in [1.165, 1.54) is 0 Å². The van der Waals surface area contributed by atoms with Crippen molar-refractivity contribution in [3.63, 3.8) is 0 Å². The monoisotopic (exact) mass is 469 g/mol. The fourth-order valence-electron chi connectivity index (χ4n) is 3.59. The number of pyridine rings is 1. The molecule has 2 atom stereocenters. The van der Waals surface area contributed by atoms with E-state index in [1.54, 1.807) is 6.92 Å². The molecule has 0 bridgehead atoms. The fraction of sp³-hybridized carbons (Fsp3) is 0.115. The van der Waals surface area contributed by atoms with Gasteiger partial charge in [0.2, 0.25) is 0 Å². The van der Waals surface area contributed by atoms with Gasteiger partial charge in [-0.15, -0.1) is 0 Å². The van der Waals surface area contributed by atoms with E-state index in [2.05, 4.69) is 15.0 Å². The van der Waals surface area contributed by atoms with E-state index in [0.29, 0.717) is 44.5 Å². The molecular weight excluding hydrogens is 446 g/mol. The lowest BCUT2D eigenvalue weighted by atomic mass is 10.1. The van der Waals surface area contributed by atoms with Crippen LogP contribution in [0.15, 0.2) is 83.8 Å². The molecule has 0 radical (unpaired) electrons. The van der Waals surface area contributed by atoms with Crippen LogP contribution in [0.5, 0.6) is 0 Å². The number of fused-ring (bicyclic) bond motifs is 2. The van der Waals surface area contributed by atoms with Crippen LogP contribution < -0.4 is 10.0 Å². The second kappa shape index (κ2) is 9.17. The number of aryl methyl sites for hydroxylation is 1. The van der Waals surface area contributed by atoms with Crippen molar-refractivity contribution in [3.8, 4) is 0 Å². The highest BCUT2D eigenvalue weighted by atomic mass is 32.2. The molecular formula is C26H23N5O2S. The molecule has 2 aromatic heterocycles. The van der Waals surface area contributed by atoms with Crippen LogP contribution in [-0.2, 0) is 11.0 Å². The van der Waals surface area contributed by atoms with Crippen LogP contribution in [0, 0.1) is 6.92 Å². The Morgan fingerprint density at radius 3 is 2.24 bits per heavy atom. The molecule has 0 aliphatic rings. The maximum Gasteiger partial charge on any atom is 0.182 e. The molecule has 0 fully saturated rings. The zero-order valence-corrected chi connectivity index (χ0v) is 19.5. The molecule has 5 rings (SSSR count). The molecule has 0 aliphatic carbocycles. The van der Waals surface area contributed by atoms with E-state index in [9.17, 15) is 9.32 Å². The van der Waals surface area contributed by atoms with Crippen LogP contribution in [-0.4, -0.2) is 24.3 Å². The Bertz CT molecular complexity index is 1520. The number of aromatic nitrogens is 3. The molecule has 7 nitrogen and oxygen atoms in total. The number of aliphatic hydroxyl groups is 1. The van der Waals surface area contributed by atoms with E-state index in [0.717, 1.165) is 10.9 Å². The summed E-state index contributed by atoms with van der Waals surface area (Å²) in [5, 5.41) is 14.2. The maximum absolute atomic E-state index is 13.1. The summed E-state index contributed by atoms with van der Waals surface area (Å²) in [5.74, 6) is 0.789. The van der Waals surface area contributed by atoms with Crippen LogP contribution in [0.4, 0.5) is 17.3 Å². The second-order valence-corrected chi connectivity index (χ2v) is 9.22. The Kier molecular flexibility index (Phi) is 5.91. The van der Waals surface area contributed by atoms with Gasteiger partial charge in [-0.25, -0.2) is 19.2 Å². The Morgan fingerprint density at radius 1 is 0.824 bits per heavy atom. The molecule has 0 aliphatic heterocycles. The van der Waals surface area contributed by atoms with Crippen LogP contribution in [0.2, 0.25) is 0 Å². The minimum absolute atomic E-state index is 0.362. The van der Waals surface area contributed by atoms with Gasteiger partial charge in [0.1, 0.15) is 0 Å². The standard InChI is InChI=1S/C26H23N5O2S/c1-16-10-13-19(14-11-16)34(33)31-26-25(28-21-7-3-4-8-22(21)29-26)30-23-9-5-6-18-12-15-20(17(2)32)27-24(18)23/h3-15,17,32H,1-2H3,(H,28,30)(H,29,31). The minimum Gasteiger partial charge on any atom is -0.387 e. The lowest BCUT2D eigenvalue weighted by Crippen LogP contribution is -2.10. The van der Waals surface area contributed by atoms with Crippen molar-refractivity contribution in [3.05, 3.63) is 90.1 Å². The fourth-order valence-corrected chi connectivity index (χ4v) is 4.41. The third-order valence-electron chi connectivity index (χ3n) is 5.42. The smallest absolute Gasteiger partial charge is 0.182 e. The van der Waals surface area contributed by atoms with Crippen LogP contribution >= 0.6 is 0 Å². The van der Waals surface area contributed by atoms with E-state index in [4.69, 9.17) is 9.97 Å². The van der Waals surface area contributed by atoms with Gasteiger partial charge < -0.3 is 10.4 Å². The van der Waals surface area contributed by atoms with Crippen molar-refractivity contribution in [2.24, 2.45) is 0 Å². The van der Waals surface area contributed by atoms with Crippen molar-refractivity contribution in [2.45, 2.75) is 24.8 Å². The number of nitrogens with zero attached hydrogens (tertiary/aromatic N) is 3. The molecule has 3 aromatic carbocycles. The normalized spacial score (nSPS) is 13.0. The highest BCUT2D eigenvalue weighted by Gasteiger charge is 2.15. The van der Waals surface area contributed by atoms with Gasteiger partial charge in [0, 0.05) is 5.39 Å². The zero-order valence-electron chi connectivity index (χ0n) is 18.7. The Balaban J connectivity index is 1.58. The summed E-state index contributed by atoms with van der Waals surface area (Å²) in [6.07, 6.45) is -0.688. The summed E-state index contributed by atoms with van der Waals surface area (Å²) in [5.41, 5.74) is 4.45. The first kappa shape index (κ1) is 21.9. The van der Waals surface area contributed by atoms with Crippen LogP contribution in [0.1, 0.15) is 24.3 Å². The summed E-state index contributed by atoms with van der Waals surface area (Å²) in [6.45, 7) is 3.67. The van der Waals surface area contributed by atoms with Gasteiger partial charge in [0.05, 0.1) is 38.9 Å². The average molecular weight is 470 g/mol. The van der Waals surface area contributed by atoms with E-state index in [1.807, 2.05) is 85.8 Å². The second-order valence-electron chi connectivity index (χ2n) is 8.01. The molecule has 0 amide bonds. The number of anilines is 3. The highest BCUT2D eigenvalue weighted by molar-refractivity contribution is 7.86. The first-order valence-electron chi connectivity index (χ1n) is 10.8. The Labute approximate surface area is 199 Å². The molecule has 170 valence electrons. The first-order valence-corrected chi connectivity index (χ1v) is 12.0. The number of aliphatic hydroxyl groups excluding tert-OH is 1. The topological polar surface area (TPSA) is 100 Å². The number of rotatable bonds is 6. The summed E-state index contributed by atoms with van der Waals surface area (Å²) in [4.78, 5) is 14.7. The predicted molar refractivity (Wildman–Crippen MR) is 136 cm³/mol. The van der Waals surface area contributed by atoms with Gasteiger partial charge in [-0.2, -0.15) is 0 Å². The molecule has 0 spiro atoms. The molecule has 8 heteroatoms. The van der Waals surface area contributed by atoms with Gasteiger partial charge in [0.25, 0.3) is 0 Å². The summed E-state index contributed by atoms with van der Waals surface area (Å²) >= 11 is 0. The largest absolute Gasteiger partial charge is 0.387 e. The van der Waals surface area contributed by atoms with Crippen LogP contribution in [0.25, 0.3) is 21.9 Å². The van der Waals surface area contributed by atoms with E-state index in [-0.39, 0.29) is 0 Å². The van der Waals surface area contributed by atoms with E-state index >= 15 is 0 Å². The van der Waals surface area contributed by atoms with Crippen molar-refractivity contribution >= 4 is 50.2 Å². The average Bonchev–Trinajstić information content (AvgIpc) is 2.84. The molecule has 2 unspecified atom stereocenters. The zero-order chi connectivity index (χ0) is 23.7. The van der Waals surface area contributed by atoms with Gasteiger partial charge >= 0.3 is 0 Å². The van der Waals surface area contributed by atoms with Gasteiger partial charge in [-0.05, 0) is 50.2 Å². The highest BCUT2D eigenvalue weighted by Crippen LogP contribution is 2.30. The number of para-hydroxylation sites is 3. The number of benzene rings is 3. The molecule has 5 aromatic rings. The predicted octanol–water partition coefficient (Wildman–Crippen LogP) is 5.42. The lowest BCUT2D eigenvalue weighted by Gasteiger charge is -2.15. The third kappa shape index (κ3) is 4.46. The summed E-state index contributed by atoms with van der Waals surface area (Å²) in [7, 11) is -1.53. The van der Waals surface area contributed by atoms with E-state index < -0.39 is 17.1 Å². The van der Waals surface area contributed by atoms with Crippen molar-refractivity contribution in [1.29, 1.82) is 0 Å². The number of nitrogens with one attached hydrogen (secondary N) is 2.